The van der Waals surface area contributed by atoms with Crippen molar-refractivity contribution in [3.05, 3.63) is 64.5 Å². The van der Waals surface area contributed by atoms with E-state index in [4.69, 9.17) is 0 Å². The first kappa shape index (κ1) is 22.6. The fourth-order valence-corrected chi connectivity index (χ4v) is 3.44. The Balaban J connectivity index is 0.00000280. The van der Waals surface area contributed by atoms with Gasteiger partial charge in [0, 0.05) is 24.3 Å². The van der Waals surface area contributed by atoms with Gasteiger partial charge in [-0.3, -0.25) is 9.39 Å². The Hall–Kier alpha value is -1.68. The van der Waals surface area contributed by atoms with Crippen LogP contribution in [0.3, 0.4) is 0 Å². The van der Waals surface area contributed by atoms with E-state index in [9.17, 15) is 0 Å². The summed E-state index contributed by atoms with van der Waals surface area (Å²) in [6, 6.07) is 14.4. The van der Waals surface area contributed by atoms with E-state index in [1.165, 1.54) is 5.56 Å². The summed E-state index contributed by atoms with van der Waals surface area (Å²) in [6.07, 6.45) is 4.10. The molecule has 0 aliphatic carbocycles. The lowest BCUT2D eigenvalue weighted by Crippen LogP contribution is -2.40. The third-order valence-electron chi connectivity index (χ3n) is 4.57. The van der Waals surface area contributed by atoms with Crippen LogP contribution in [0.25, 0.3) is 5.65 Å². The highest BCUT2D eigenvalue weighted by Gasteiger charge is 2.10. The fourth-order valence-electron chi connectivity index (χ4n) is 2.99. The van der Waals surface area contributed by atoms with Crippen LogP contribution in [0.5, 0.6) is 0 Å². The van der Waals surface area contributed by atoms with Crippen LogP contribution >= 0.6 is 39.9 Å². The molecule has 0 aliphatic rings. The summed E-state index contributed by atoms with van der Waals surface area (Å²) in [5, 5.41) is 15.2. The minimum Gasteiger partial charge on any atom is -0.356 e. The number of hydrogen-bond acceptors (Lipinski definition) is 3. The second kappa shape index (κ2) is 11.4. The quantitative estimate of drug-likeness (QED) is 0.262. The van der Waals surface area contributed by atoms with Crippen molar-refractivity contribution in [2.75, 3.05) is 13.6 Å². The van der Waals surface area contributed by atoms with E-state index < -0.39 is 0 Å². The number of rotatable bonds is 7. The summed E-state index contributed by atoms with van der Waals surface area (Å²) in [5.74, 6) is 2.16. The molecule has 0 radical (unpaired) electrons. The summed E-state index contributed by atoms with van der Waals surface area (Å²) in [6.45, 7) is 3.65. The van der Waals surface area contributed by atoms with Crippen molar-refractivity contribution in [2.45, 2.75) is 26.3 Å². The van der Waals surface area contributed by atoms with Crippen molar-refractivity contribution < 1.29 is 0 Å². The monoisotopic (exact) mass is 556 g/mol. The Morgan fingerprint density at radius 2 is 2.04 bits per heavy atom. The molecule has 3 rings (SSSR count). The van der Waals surface area contributed by atoms with Gasteiger partial charge in [-0.05, 0) is 42.2 Å². The second-order valence-corrected chi connectivity index (χ2v) is 7.38. The SMILES string of the molecule is CCC(CNC(=NC)NCc1nnc2ccccn12)Cc1cccc(Br)c1.I. The number of aromatic nitrogens is 3. The van der Waals surface area contributed by atoms with E-state index in [-0.39, 0.29) is 24.0 Å². The Bertz CT molecular complexity index is 910. The van der Waals surface area contributed by atoms with Gasteiger partial charge in [-0.2, -0.15) is 0 Å². The molecule has 0 aliphatic heterocycles. The maximum atomic E-state index is 4.32. The first-order valence-corrected chi connectivity index (χ1v) is 9.96. The average Bonchev–Trinajstić information content (AvgIpc) is 3.10. The minimum absolute atomic E-state index is 0. The van der Waals surface area contributed by atoms with Gasteiger partial charge in [-0.25, -0.2) is 0 Å². The Morgan fingerprint density at radius 3 is 2.79 bits per heavy atom. The molecule has 2 aromatic heterocycles. The molecule has 1 atom stereocenters. The molecular formula is C20H26BrIN6. The van der Waals surface area contributed by atoms with Gasteiger partial charge in [0.05, 0.1) is 6.54 Å². The number of nitrogens with zero attached hydrogens (tertiary/aromatic N) is 4. The molecule has 8 heteroatoms. The zero-order valence-corrected chi connectivity index (χ0v) is 20.0. The number of pyridine rings is 1. The molecule has 28 heavy (non-hydrogen) atoms. The van der Waals surface area contributed by atoms with Crippen LogP contribution in [0.15, 0.2) is 58.1 Å². The molecular weight excluding hydrogens is 531 g/mol. The second-order valence-electron chi connectivity index (χ2n) is 6.46. The van der Waals surface area contributed by atoms with Gasteiger partial charge in [-0.1, -0.05) is 47.5 Å². The van der Waals surface area contributed by atoms with E-state index in [1.54, 1.807) is 7.05 Å². The summed E-state index contributed by atoms with van der Waals surface area (Å²) in [4.78, 5) is 4.32. The van der Waals surface area contributed by atoms with Crippen LogP contribution < -0.4 is 10.6 Å². The summed E-state index contributed by atoms with van der Waals surface area (Å²) < 4.78 is 3.10. The smallest absolute Gasteiger partial charge is 0.191 e. The lowest BCUT2D eigenvalue weighted by Gasteiger charge is -2.18. The molecule has 150 valence electrons. The number of halogens is 2. The first-order chi connectivity index (χ1) is 13.2. The zero-order valence-electron chi connectivity index (χ0n) is 16.1. The van der Waals surface area contributed by atoms with E-state index >= 15 is 0 Å². The van der Waals surface area contributed by atoms with Gasteiger partial charge >= 0.3 is 0 Å². The van der Waals surface area contributed by atoms with E-state index in [0.29, 0.717) is 12.5 Å². The Labute approximate surface area is 191 Å². The van der Waals surface area contributed by atoms with Crippen molar-refractivity contribution in [3.8, 4) is 0 Å². The summed E-state index contributed by atoms with van der Waals surface area (Å²) in [5.41, 5.74) is 2.19. The number of benzene rings is 1. The number of guanidine groups is 1. The molecule has 0 spiro atoms. The predicted molar refractivity (Wildman–Crippen MR) is 128 cm³/mol. The van der Waals surface area contributed by atoms with Crippen LogP contribution in [-0.4, -0.2) is 34.2 Å². The molecule has 0 saturated heterocycles. The van der Waals surface area contributed by atoms with Gasteiger partial charge in [0.25, 0.3) is 0 Å². The van der Waals surface area contributed by atoms with Gasteiger partial charge in [0.1, 0.15) is 0 Å². The van der Waals surface area contributed by atoms with E-state index in [1.807, 2.05) is 28.8 Å². The van der Waals surface area contributed by atoms with Crippen molar-refractivity contribution in [3.63, 3.8) is 0 Å². The number of aliphatic imine (C=N–C) groups is 1. The van der Waals surface area contributed by atoms with Crippen LogP contribution in [0.2, 0.25) is 0 Å². The van der Waals surface area contributed by atoms with Crippen molar-refractivity contribution in [2.24, 2.45) is 10.9 Å². The van der Waals surface area contributed by atoms with Crippen molar-refractivity contribution in [1.82, 2.24) is 25.2 Å². The molecule has 0 saturated carbocycles. The lowest BCUT2D eigenvalue weighted by molar-refractivity contribution is 0.493. The normalized spacial score (nSPS) is 12.5. The van der Waals surface area contributed by atoms with Crippen LogP contribution in [0, 0.1) is 5.92 Å². The van der Waals surface area contributed by atoms with Gasteiger partial charge < -0.3 is 10.6 Å². The number of fused-ring (bicyclic) bond motifs is 1. The highest BCUT2D eigenvalue weighted by Crippen LogP contribution is 2.16. The highest BCUT2D eigenvalue weighted by molar-refractivity contribution is 14.0. The Kier molecular flexibility index (Phi) is 9.17. The maximum absolute atomic E-state index is 4.32. The Morgan fingerprint density at radius 1 is 1.18 bits per heavy atom. The van der Waals surface area contributed by atoms with Crippen molar-refractivity contribution in [1.29, 1.82) is 0 Å². The molecule has 0 fully saturated rings. The summed E-state index contributed by atoms with van der Waals surface area (Å²) in [7, 11) is 1.78. The highest BCUT2D eigenvalue weighted by atomic mass is 127. The number of hydrogen-bond donors (Lipinski definition) is 2. The van der Waals surface area contributed by atoms with Crippen molar-refractivity contribution >= 4 is 51.5 Å². The van der Waals surface area contributed by atoms with Crippen LogP contribution in [0.1, 0.15) is 24.7 Å². The largest absolute Gasteiger partial charge is 0.356 e. The minimum atomic E-state index is 0. The molecule has 2 heterocycles. The topological polar surface area (TPSA) is 66.6 Å². The molecule has 2 N–H and O–H groups in total. The molecule has 0 bridgehead atoms. The summed E-state index contributed by atoms with van der Waals surface area (Å²) >= 11 is 3.55. The van der Waals surface area contributed by atoms with Gasteiger partial charge in [0.15, 0.2) is 17.4 Å². The average molecular weight is 557 g/mol. The standard InChI is InChI=1S/C20H25BrN6.HI/c1-3-15(11-16-7-6-8-17(21)12-16)13-23-20(22-2)24-14-19-26-25-18-9-4-5-10-27(18)19;/h4-10,12,15H,3,11,13-14H2,1-2H3,(H2,22,23,24);1H. The zero-order chi connectivity index (χ0) is 19.1. The van der Waals surface area contributed by atoms with E-state index in [2.05, 4.69) is 72.9 Å². The third-order valence-corrected chi connectivity index (χ3v) is 5.06. The third kappa shape index (κ3) is 6.16. The van der Waals surface area contributed by atoms with Gasteiger partial charge in [0.2, 0.25) is 0 Å². The lowest BCUT2D eigenvalue weighted by atomic mass is 9.97. The number of nitrogens with one attached hydrogen (secondary N) is 2. The fraction of sp³-hybridized carbons (Fsp3) is 0.350. The predicted octanol–water partition coefficient (Wildman–Crippen LogP) is 4.04. The van der Waals surface area contributed by atoms with Crippen LogP contribution in [-0.2, 0) is 13.0 Å². The molecule has 0 amide bonds. The molecule has 3 aromatic rings. The molecule has 6 nitrogen and oxygen atoms in total. The molecule has 1 unspecified atom stereocenters. The maximum Gasteiger partial charge on any atom is 0.191 e. The van der Waals surface area contributed by atoms with Crippen LogP contribution in [0.4, 0.5) is 0 Å². The van der Waals surface area contributed by atoms with Gasteiger partial charge in [-0.15, -0.1) is 34.2 Å². The molecule has 1 aromatic carbocycles. The van der Waals surface area contributed by atoms with E-state index in [0.717, 1.165) is 41.3 Å². The first-order valence-electron chi connectivity index (χ1n) is 9.17.